The van der Waals surface area contributed by atoms with Crippen LogP contribution in [0.2, 0.25) is 0 Å². The van der Waals surface area contributed by atoms with Crippen molar-refractivity contribution in [1.29, 1.82) is 0 Å². The number of aryl methyl sites for hydroxylation is 1. The molecule has 2 aromatic rings. The average molecular weight is 255 g/mol. The van der Waals surface area contributed by atoms with Crippen LogP contribution in [-0.4, -0.2) is 13.0 Å². The molecule has 2 N–H and O–H groups in total. The molecule has 0 atom stereocenters. The summed E-state index contributed by atoms with van der Waals surface area (Å²) in [5.41, 5.74) is 8.87. The first-order chi connectivity index (χ1) is 9.17. The Morgan fingerprint density at radius 3 is 2.58 bits per heavy atom. The van der Waals surface area contributed by atoms with Gasteiger partial charge in [0.05, 0.1) is 7.11 Å². The molecule has 0 bridgehead atoms. The standard InChI is InChI=1S/C16H17NO2/c1-3-11-6-5-9-14(15(11)19-2)12-7-4-8-13(10-12)16(17)18/h4-10H,3H2,1-2H3,(H2,17,18). The number of hydrogen-bond donors (Lipinski definition) is 1. The number of nitrogens with two attached hydrogens (primary N) is 1. The molecule has 0 saturated carbocycles. The highest BCUT2D eigenvalue weighted by molar-refractivity contribution is 5.94. The maximum absolute atomic E-state index is 11.3. The zero-order chi connectivity index (χ0) is 13.8. The number of benzene rings is 2. The number of amides is 1. The minimum Gasteiger partial charge on any atom is -0.496 e. The topological polar surface area (TPSA) is 52.3 Å². The summed E-state index contributed by atoms with van der Waals surface area (Å²) < 4.78 is 5.51. The molecule has 0 unspecified atom stereocenters. The molecule has 0 radical (unpaired) electrons. The molecule has 0 aliphatic carbocycles. The first-order valence-electron chi connectivity index (χ1n) is 6.23. The number of carbonyl (C=O) groups is 1. The van der Waals surface area contributed by atoms with Gasteiger partial charge in [-0.05, 0) is 29.7 Å². The lowest BCUT2D eigenvalue weighted by Crippen LogP contribution is -2.10. The lowest BCUT2D eigenvalue weighted by atomic mass is 9.98. The van der Waals surface area contributed by atoms with Gasteiger partial charge in [0.25, 0.3) is 0 Å². The van der Waals surface area contributed by atoms with Crippen molar-refractivity contribution >= 4 is 5.91 Å². The van der Waals surface area contributed by atoms with E-state index < -0.39 is 5.91 Å². The Labute approximate surface area is 113 Å². The summed E-state index contributed by atoms with van der Waals surface area (Å²) in [5, 5.41) is 0. The molecule has 0 heterocycles. The number of para-hydroxylation sites is 1. The first-order valence-corrected chi connectivity index (χ1v) is 6.23. The maximum Gasteiger partial charge on any atom is 0.248 e. The maximum atomic E-state index is 11.3. The Balaban J connectivity index is 2.58. The third-order valence-corrected chi connectivity index (χ3v) is 3.14. The third kappa shape index (κ3) is 2.60. The molecule has 1 amide bonds. The lowest BCUT2D eigenvalue weighted by molar-refractivity contribution is 0.100. The molecule has 98 valence electrons. The Morgan fingerprint density at radius 2 is 1.95 bits per heavy atom. The van der Waals surface area contributed by atoms with Crippen LogP contribution in [0.5, 0.6) is 5.75 Å². The number of hydrogen-bond acceptors (Lipinski definition) is 2. The predicted molar refractivity (Wildman–Crippen MR) is 76.3 cm³/mol. The quantitative estimate of drug-likeness (QED) is 0.913. The molecule has 0 aliphatic rings. The summed E-state index contributed by atoms with van der Waals surface area (Å²) in [6.45, 7) is 2.08. The Kier molecular flexibility index (Phi) is 3.85. The van der Waals surface area contributed by atoms with E-state index in [4.69, 9.17) is 10.5 Å². The highest BCUT2D eigenvalue weighted by Crippen LogP contribution is 2.33. The van der Waals surface area contributed by atoms with Gasteiger partial charge in [0.15, 0.2) is 0 Å². The van der Waals surface area contributed by atoms with Crippen LogP contribution < -0.4 is 10.5 Å². The lowest BCUT2D eigenvalue weighted by Gasteiger charge is -2.13. The van der Waals surface area contributed by atoms with E-state index in [2.05, 4.69) is 6.92 Å². The van der Waals surface area contributed by atoms with Gasteiger partial charge in [0.1, 0.15) is 5.75 Å². The number of methoxy groups -OCH3 is 1. The summed E-state index contributed by atoms with van der Waals surface area (Å²) in [4.78, 5) is 11.3. The first kappa shape index (κ1) is 13.1. The molecular weight excluding hydrogens is 238 g/mol. The van der Waals surface area contributed by atoms with Crippen LogP contribution in [0.4, 0.5) is 0 Å². The summed E-state index contributed by atoms with van der Waals surface area (Å²) >= 11 is 0. The molecule has 3 nitrogen and oxygen atoms in total. The smallest absolute Gasteiger partial charge is 0.248 e. The van der Waals surface area contributed by atoms with Crippen molar-refractivity contribution in [2.75, 3.05) is 7.11 Å². The van der Waals surface area contributed by atoms with Gasteiger partial charge in [-0.1, -0.05) is 37.3 Å². The minimum atomic E-state index is -0.424. The highest BCUT2D eigenvalue weighted by Gasteiger charge is 2.10. The van der Waals surface area contributed by atoms with Crippen LogP contribution in [0.3, 0.4) is 0 Å². The number of primary amides is 1. The number of carbonyl (C=O) groups excluding carboxylic acids is 1. The van der Waals surface area contributed by atoms with Crippen LogP contribution in [0.15, 0.2) is 42.5 Å². The van der Waals surface area contributed by atoms with E-state index in [1.807, 2.05) is 30.3 Å². The second-order valence-electron chi connectivity index (χ2n) is 4.30. The van der Waals surface area contributed by atoms with Crippen molar-refractivity contribution in [1.82, 2.24) is 0 Å². The van der Waals surface area contributed by atoms with Crippen LogP contribution in [0.25, 0.3) is 11.1 Å². The molecular formula is C16H17NO2. The summed E-state index contributed by atoms with van der Waals surface area (Å²) in [6, 6.07) is 13.3. The van der Waals surface area contributed by atoms with Crippen molar-refractivity contribution in [3.63, 3.8) is 0 Å². The minimum absolute atomic E-state index is 0.424. The number of rotatable bonds is 4. The van der Waals surface area contributed by atoms with E-state index in [1.165, 1.54) is 0 Å². The predicted octanol–water partition coefficient (Wildman–Crippen LogP) is 3.02. The van der Waals surface area contributed by atoms with E-state index in [1.54, 1.807) is 19.2 Å². The van der Waals surface area contributed by atoms with Crippen molar-refractivity contribution in [3.05, 3.63) is 53.6 Å². The summed E-state index contributed by atoms with van der Waals surface area (Å²) in [7, 11) is 1.66. The van der Waals surface area contributed by atoms with Crippen LogP contribution >= 0.6 is 0 Å². The Bertz CT molecular complexity index is 605. The second-order valence-corrected chi connectivity index (χ2v) is 4.30. The fraction of sp³-hybridized carbons (Fsp3) is 0.188. The van der Waals surface area contributed by atoms with Gasteiger partial charge in [0, 0.05) is 11.1 Å². The molecule has 0 fully saturated rings. The zero-order valence-electron chi connectivity index (χ0n) is 11.1. The van der Waals surface area contributed by atoms with Gasteiger partial charge < -0.3 is 10.5 Å². The van der Waals surface area contributed by atoms with E-state index in [-0.39, 0.29) is 0 Å². The van der Waals surface area contributed by atoms with E-state index in [0.29, 0.717) is 5.56 Å². The van der Waals surface area contributed by atoms with Crippen molar-refractivity contribution in [2.45, 2.75) is 13.3 Å². The fourth-order valence-electron chi connectivity index (χ4n) is 2.17. The fourth-order valence-corrected chi connectivity index (χ4v) is 2.17. The summed E-state index contributed by atoms with van der Waals surface area (Å²) in [5.74, 6) is 0.430. The molecule has 0 aliphatic heterocycles. The van der Waals surface area contributed by atoms with Gasteiger partial charge in [-0.25, -0.2) is 0 Å². The molecule has 0 saturated heterocycles. The van der Waals surface area contributed by atoms with Crippen molar-refractivity contribution < 1.29 is 9.53 Å². The Hall–Kier alpha value is -2.29. The normalized spacial score (nSPS) is 10.2. The van der Waals surface area contributed by atoms with Crippen LogP contribution in [0, 0.1) is 0 Å². The molecule has 2 rings (SSSR count). The SMILES string of the molecule is CCc1cccc(-c2cccc(C(N)=O)c2)c1OC. The van der Waals surface area contributed by atoms with E-state index >= 15 is 0 Å². The summed E-state index contributed by atoms with van der Waals surface area (Å²) in [6.07, 6.45) is 0.895. The van der Waals surface area contributed by atoms with Gasteiger partial charge in [-0.3, -0.25) is 4.79 Å². The molecule has 2 aromatic carbocycles. The second kappa shape index (κ2) is 5.57. The van der Waals surface area contributed by atoms with Crippen LogP contribution in [-0.2, 0) is 6.42 Å². The van der Waals surface area contributed by atoms with E-state index in [0.717, 1.165) is 28.9 Å². The van der Waals surface area contributed by atoms with Gasteiger partial charge >= 0.3 is 0 Å². The molecule has 0 spiro atoms. The number of ether oxygens (including phenoxy) is 1. The molecule has 19 heavy (non-hydrogen) atoms. The van der Waals surface area contributed by atoms with Crippen LogP contribution in [0.1, 0.15) is 22.8 Å². The molecule has 3 heteroatoms. The highest BCUT2D eigenvalue weighted by atomic mass is 16.5. The average Bonchev–Trinajstić information content (AvgIpc) is 2.46. The van der Waals surface area contributed by atoms with Crippen molar-refractivity contribution in [2.24, 2.45) is 5.73 Å². The van der Waals surface area contributed by atoms with Gasteiger partial charge in [0.2, 0.25) is 5.91 Å². The van der Waals surface area contributed by atoms with Gasteiger partial charge in [-0.15, -0.1) is 0 Å². The van der Waals surface area contributed by atoms with Crippen molar-refractivity contribution in [3.8, 4) is 16.9 Å². The molecule has 0 aromatic heterocycles. The van der Waals surface area contributed by atoms with E-state index in [9.17, 15) is 4.79 Å². The third-order valence-electron chi connectivity index (χ3n) is 3.14. The largest absolute Gasteiger partial charge is 0.496 e. The monoisotopic (exact) mass is 255 g/mol. The van der Waals surface area contributed by atoms with Gasteiger partial charge in [-0.2, -0.15) is 0 Å². The Morgan fingerprint density at radius 1 is 1.21 bits per heavy atom. The zero-order valence-corrected chi connectivity index (χ0v) is 11.1.